The van der Waals surface area contributed by atoms with E-state index in [1.54, 1.807) is 0 Å². The average molecular weight is 268 g/mol. The second-order valence-electron chi connectivity index (χ2n) is 2.37. The van der Waals surface area contributed by atoms with Gasteiger partial charge in [-0.2, -0.15) is 0 Å². The highest BCUT2D eigenvalue weighted by molar-refractivity contribution is 7.54. The molecule has 1 atom stereocenters. The molecule has 1 saturated heterocycles. The Morgan fingerprint density at radius 3 is 3.14 bits per heavy atom. The summed E-state index contributed by atoms with van der Waals surface area (Å²) in [6, 6.07) is 0. The van der Waals surface area contributed by atoms with E-state index in [4.69, 9.17) is 37.4 Å². The molecule has 0 amide bonds. The van der Waals surface area contributed by atoms with Gasteiger partial charge >= 0.3 is 7.67 Å². The molecule has 1 unspecified atom stereocenters. The van der Waals surface area contributed by atoms with Gasteiger partial charge in [0.1, 0.15) is 1.41 Å². The molecule has 0 aromatic heterocycles. The quantitative estimate of drug-likeness (QED) is 0.610. The monoisotopic (exact) mass is 267 g/mol. The van der Waals surface area contributed by atoms with Crippen molar-refractivity contribution in [1.29, 1.82) is 0 Å². The van der Waals surface area contributed by atoms with Crippen molar-refractivity contribution in [3.63, 3.8) is 0 Å². The Kier molecular flexibility index (Phi) is 2.64. The predicted octanol–water partition coefficient (Wildman–Crippen LogP) is 1.88. The summed E-state index contributed by atoms with van der Waals surface area (Å²) in [5, 5.41) is 0.0382. The van der Waals surface area contributed by atoms with Gasteiger partial charge in [-0.3, -0.25) is 4.57 Å². The third-order valence-corrected chi connectivity index (χ3v) is 3.58. The Balaban J connectivity index is 3.21. The zero-order chi connectivity index (χ0) is 16.7. The SMILES string of the molecule is [2H]N1C([2H])([2H])CC([2H])([2H])OP1(=O)N(CCCl)CC([2H])([2H])Cl. The van der Waals surface area contributed by atoms with E-state index in [1.165, 1.54) is 0 Å². The summed E-state index contributed by atoms with van der Waals surface area (Å²) in [4.78, 5) is 0. The maximum Gasteiger partial charge on any atom is 0.343 e. The zero-order valence-corrected chi connectivity index (χ0v) is 9.65. The van der Waals surface area contributed by atoms with E-state index in [9.17, 15) is 4.57 Å². The summed E-state index contributed by atoms with van der Waals surface area (Å²) >= 11 is 11.0. The predicted molar refractivity (Wildman–Crippen MR) is 59.2 cm³/mol. The minimum Gasteiger partial charge on any atom is -0.306 e. The Bertz CT molecular complexity index is 436. The second-order valence-corrected chi connectivity index (χ2v) is 4.95. The first-order valence-corrected chi connectivity index (χ1v) is 6.29. The van der Waals surface area contributed by atoms with Crippen molar-refractivity contribution in [2.75, 3.05) is 37.9 Å². The minimum atomic E-state index is -4.50. The molecule has 0 saturated carbocycles. The van der Waals surface area contributed by atoms with E-state index in [0.717, 1.165) is 4.67 Å². The minimum absolute atomic E-state index is 0.0382. The standard InChI is InChI=1S/C7H15Cl2N2O2P/c8-2-5-11(6-3-9)14(12)10-4-1-7-13-14/h1-7H2,(H,10,12)/i2D2,4D2,7D2/hD. The highest BCUT2D eigenvalue weighted by Gasteiger charge is 2.32. The Labute approximate surface area is 104 Å². The fraction of sp³-hybridized carbons (Fsp3) is 1.00. The van der Waals surface area contributed by atoms with Gasteiger partial charge in [-0.25, -0.2) is 9.75 Å². The van der Waals surface area contributed by atoms with Gasteiger partial charge < -0.3 is 4.52 Å². The van der Waals surface area contributed by atoms with Gasteiger partial charge in [0.2, 0.25) is 0 Å². The van der Waals surface area contributed by atoms with Crippen molar-refractivity contribution >= 4 is 30.9 Å². The van der Waals surface area contributed by atoms with Crippen LogP contribution in [0.3, 0.4) is 0 Å². The van der Waals surface area contributed by atoms with Crippen LogP contribution in [0.2, 0.25) is 1.41 Å². The lowest BCUT2D eigenvalue weighted by atomic mass is 10.5. The van der Waals surface area contributed by atoms with Gasteiger partial charge in [0, 0.05) is 36.8 Å². The van der Waals surface area contributed by atoms with Crippen LogP contribution in [0.5, 0.6) is 0 Å². The van der Waals surface area contributed by atoms with Gasteiger partial charge in [0.25, 0.3) is 0 Å². The lowest BCUT2D eigenvalue weighted by Crippen LogP contribution is -2.35. The lowest BCUT2D eigenvalue weighted by molar-refractivity contribution is 0.233. The molecule has 84 valence electrons. The van der Waals surface area contributed by atoms with Crippen LogP contribution in [0.15, 0.2) is 0 Å². The number of nitrogens with zero attached hydrogens (tertiary/aromatic N) is 1. The molecular weight excluding hydrogens is 246 g/mol. The molecule has 14 heavy (non-hydrogen) atoms. The maximum atomic E-state index is 12.8. The summed E-state index contributed by atoms with van der Waals surface area (Å²) in [7, 11) is -4.50. The molecule has 4 nitrogen and oxygen atoms in total. The van der Waals surface area contributed by atoms with Crippen LogP contribution in [0.4, 0.5) is 0 Å². The van der Waals surface area contributed by atoms with Crippen molar-refractivity contribution in [3.8, 4) is 0 Å². The van der Waals surface area contributed by atoms with Crippen LogP contribution >= 0.6 is 30.9 Å². The Hall–Kier alpha value is 0.690. The molecule has 1 heterocycles. The number of nitrogens with one attached hydrogen (secondary N) is 1. The van der Waals surface area contributed by atoms with Gasteiger partial charge in [-0.05, 0) is 6.42 Å². The first kappa shape index (κ1) is 5.85. The molecule has 1 N–H and O–H groups in total. The molecule has 0 spiro atoms. The van der Waals surface area contributed by atoms with Crippen molar-refractivity contribution in [1.82, 2.24) is 9.75 Å². The highest BCUT2D eigenvalue weighted by atomic mass is 35.5. The van der Waals surface area contributed by atoms with Gasteiger partial charge in [0.05, 0.1) is 9.30 Å². The van der Waals surface area contributed by atoms with E-state index < -0.39 is 39.5 Å². The van der Waals surface area contributed by atoms with Crippen LogP contribution in [0, 0.1) is 0 Å². The van der Waals surface area contributed by atoms with Crippen molar-refractivity contribution in [2.45, 2.75) is 6.42 Å². The molecule has 7 heteroatoms. The Morgan fingerprint density at radius 1 is 1.71 bits per heavy atom. The molecule has 0 bridgehead atoms. The average Bonchev–Trinajstić information content (AvgIpc) is 2.21. The first-order valence-electron chi connectivity index (χ1n) is 7.29. The third-order valence-electron chi connectivity index (χ3n) is 1.47. The van der Waals surface area contributed by atoms with E-state index in [-0.39, 0.29) is 17.5 Å². The summed E-state index contributed by atoms with van der Waals surface area (Å²) in [6.45, 7) is -6.01. The van der Waals surface area contributed by atoms with Gasteiger partial charge in [-0.1, -0.05) is 0 Å². The first-order chi connectivity index (χ1) is 9.23. The van der Waals surface area contributed by atoms with E-state index >= 15 is 0 Å². The molecule has 1 rings (SSSR count). The third kappa shape index (κ3) is 3.37. The van der Waals surface area contributed by atoms with Crippen molar-refractivity contribution in [2.24, 2.45) is 0 Å². The molecule has 0 aromatic carbocycles. The second kappa shape index (κ2) is 6.31. The van der Waals surface area contributed by atoms with Gasteiger partial charge in [0.15, 0.2) is 0 Å². The largest absolute Gasteiger partial charge is 0.343 e. The summed E-state index contributed by atoms with van der Waals surface area (Å²) in [6.07, 6.45) is -0.810. The maximum absolute atomic E-state index is 12.8. The molecule has 1 aliphatic rings. The van der Waals surface area contributed by atoms with Crippen LogP contribution in [-0.2, 0) is 9.09 Å². The normalized spacial score (nSPS) is 45.2. The fourth-order valence-electron chi connectivity index (χ4n) is 0.876. The molecular formula is C7H15Cl2N2O2P. The molecule has 0 radical (unpaired) electrons. The van der Waals surface area contributed by atoms with Crippen LogP contribution < -0.4 is 5.08 Å². The summed E-state index contributed by atoms with van der Waals surface area (Å²) in [5.74, 6) is -2.44. The Morgan fingerprint density at radius 2 is 2.50 bits per heavy atom. The van der Waals surface area contributed by atoms with E-state index in [2.05, 4.69) is 0 Å². The number of rotatable bonds is 5. The fourth-order valence-corrected chi connectivity index (χ4v) is 2.79. The number of alkyl halides is 2. The highest BCUT2D eigenvalue weighted by Crippen LogP contribution is 2.47. The van der Waals surface area contributed by atoms with Crippen LogP contribution in [0.25, 0.3) is 0 Å². The van der Waals surface area contributed by atoms with Crippen LogP contribution in [0.1, 0.15) is 14.6 Å². The zero-order valence-electron chi connectivity index (χ0n) is 14.2. The van der Waals surface area contributed by atoms with Crippen LogP contribution in [-0.4, -0.2) is 42.5 Å². The number of halogens is 2. The molecule has 1 fully saturated rings. The summed E-state index contributed by atoms with van der Waals surface area (Å²) < 4.78 is 71.0. The smallest absolute Gasteiger partial charge is 0.306 e. The molecule has 0 aromatic rings. The van der Waals surface area contributed by atoms with E-state index in [1.807, 2.05) is 0 Å². The van der Waals surface area contributed by atoms with E-state index in [0.29, 0.717) is 0 Å². The number of hydrogen-bond donors (Lipinski definition) is 1. The molecule has 0 aliphatic carbocycles. The summed E-state index contributed by atoms with van der Waals surface area (Å²) in [5.41, 5.74) is 0. The number of hydrogen-bond acceptors (Lipinski definition) is 2. The topological polar surface area (TPSA) is 41.6 Å². The van der Waals surface area contributed by atoms with Crippen molar-refractivity contribution in [3.05, 3.63) is 0 Å². The van der Waals surface area contributed by atoms with Crippen molar-refractivity contribution < 1.29 is 18.7 Å². The lowest BCUT2D eigenvalue weighted by Gasteiger charge is -2.33. The molecule has 1 aliphatic heterocycles. The van der Waals surface area contributed by atoms with Gasteiger partial charge in [-0.15, -0.1) is 23.2 Å².